The Morgan fingerprint density at radius 1 is 1.32 bits per heavy atom. The number of hydrogen-bond acceptors (Lipinski definition) is 5. The van der Waals surface area contributed by atoms with Gasteiger partial charge in [-0.05, 0) is 36.8 Å². The Kier molecular flexibility index (Phi) is 2.58. The lowest BCUT2D eigenvalue weighted by Gasteiger charge is -1.94. The molecule has 6 nitrogen and oxygen atoms in total. The lowest BCUT2D eigenvalue weighted by Crippen LogP contribution is -1.86. The summed E-state index contributed by atoms with van der Waals surface area (Å²) in [5.41, 5.74) is 2.79. The van der Waals surface area contributed by atoms with Crippen LogP contribution in [0.1, 0.15) is 11.3 Å². The standard InChI is InChI=1S/C13H9N5O/c1-8-4-5-15-11(6-8)12-17-13(19-18-12)10-3-2-9(7-14)16-10/h2-6,16H,1H3. The Morgan fingerprint density at radius 3 is 2.95 bits per heavy atom. The van der Waals surface area contributed by atoms with Gasteiger partial charge in [0.25, 0.3) is 5.89 Å². The maximum atomic E-state index is 8.75. The normalized spacial score (nSPS) is 10.3. The van der Waals surface area contributed by atoms with E-state index in [1.807, 2.05) is 25.1 Å². The second-order valence-corrected chi connectivity index (χ2v) is 4.04. The summed E-state index contributed by atoms with van der Waals surface area (Å²) in [6.07, 6.45) is 1.70. The predicted molar refractivity (Wildman–Crippen MR) is 66.8 cm³/mol. The molecule has 0 aliphatic heterocycles. The molecule has 92 valence electrons. The van der Waals surface area contributed by atoms with Crippen molar-refractivity contribution in [2.45, 2.75) is 6.92 Å². The van der Waals surface area contributed by atoms with E-state index in [2.05, 4.69) is 20.1 Å². The molecule has 0 aromatic carbocycles. The minimum atomic E-state index is 0.333. The second kappa shape index (κ2) is 4.38. The van der Waals surface area contributed by atoms with Gasteiger partial charge in [0.15, 0.2) is 0 Å². The molecule has 1 N–H and O–H groups in total. The fourth-order valence-electron chi connectivity index (χ4n) is 1.68. The monoisotopic (exact) mass is 251 g/mol. The van der Waals surface area contributed by atoms with Crippen molar-refractivity contribution in [1.82, 2.24) is 20.1 Å². The highest BCUT2D eigenvalue weighted by Crippen LogP contribution is 2.20. The Bertz CT molecular complexity index is 765. The van der Waals surface area contributed by atoms with Gasteiger partial charge in [0.2, 0.25) is 5.82 Å². The van der Waals surface area contributed by atoms with Crippen LogP contribution in [0.25, 0.3) is 23.1 Å². The summed E-state index contributed by atoms with van der Waals surface area (Å²) in [5, 5.41) is 12.6. The first-order valence-corrected chi connectivity index (χ1v) is 5.62. The number of H-pyrrole nitrogens is 1. The van der Waals surface area contributed by atoms with Crippen LogP contribution in [-0.2, 0) is 0 Å². The number of pyridine rings is 1. The molecule has 3 aromatic rings. The van der Waals surface area contributed by atoms with Crippen LogP contribution in [0.15, 0.2) is 35.0 Å². The molecule has 0 bridgehead atoms. The van der Waals surface area contributed by atoms with Gasteiger partial charge in [-0.2, -0.15) is 10.2 Å². The van der Waals surface area contributed by atoms with Gasteiger partial charge in [0.05, 0.1) is 0 Å². The van der Waals surface area contributed by atoms with Gasteiger partial charge in [-0.25, -0.2) is 0 Å². The summed E-state index contributed by atoms with van der Waals surface area (Å²) in [6.45, 7) is 1.97. The maximum Gasteiger partial charge on any atom is 0.274 e. The number of aromatic amines is 1. The summed E-state index contributed by atoms with van der Waals surface area (Å²) in [6, 6.07) is 9.16. The van der Waals surface area contributed by atoms with Crippen molar-refractivity contribution in [3.05, 3.63) is 41.7 Å². The van der Waals surface area contributed by atoms with E-state index in [-0.39, 0.29) is 0 Å². The van der Waals surface area contributed by atoms with E-state index in [1.165, 1.54) is 0 Å². The molecule has 3 rings (SSSR count). The Hall–Kier alpha value is -2.94. The minimum Gasteiger partial charge on any atom is -0.342 e. The molecule has 0 aliphatic carbocycles. The molecule has 0 fully saturated rings. The van der Waals surface area contributed by atoms with Gasteiger partial charge >= 0.3 is 0 Å². The molecular weight excluding hydrogens is 242 g/mol. The van der Waals surface area contributed by atoms with Gasteiger partial charge in [0.1, 0.15) is 23.2 Å². The first kappa shape index (κ1) is 11.2. The fourth-order valence-corrected chi connectivity index (χ4v) is 1.68. The lowest BCUT2D eigenvalue weighted by molar-refractivity contribution is 0.431. The number of hydrogen-bond donors (Lipinski definition) is 1. The third-order valence-corrected chi connectivity index (χ3v) is 2.61. The third kappa shape index (κ3) is 2.09. The highest BCUT2D eigenvalue weighted by molar-refractivity contribution is 5.55. The SMILES string of the molecule is Cc1ccnc(-c2noc(-c3ccc(C#N)[nH]3)n2)c1. The fraction of sp³-hybridized carbons (Fsp3) is 0.0769. The average Bonchev–Trinajstić information content (AvgIpc) is 3.07. The van der Waals surface area contributed by atoms with Crippen molar-refractivity contribution in [3.8, 4) is 29.2 Å². The van der Waals surface area contributed by atoms with E-state index in [9.17, 15) is 0 Å². The Morgan fingerprint density at radius 2 is 2.21 bits per heavy atom. The molecule has 0 unspecified atom stereocenters. The van der Waals surface area contributed by atoms with Crippen LogP contribution in [0.2, 0.25) is 0 Å². The van der Waals surface area contributed by atoms with Crippen molar-refractivity contribution in [2.75, 3.05) is 0 Å². The Labute approximate surface area is 108 Å². The topological polar surface area (TPSA) is 91.4 Å². The molecule has 0 saturated heterocycles. The first-order valence-electron chi connectivity index (χ1n) is 5.62. The molecule has 0 saturated carbocycles. The van der Waals surface area contributed by atoms with E-state index in [4.69, 9.17) is 9.78 Å². The summed E-state index contributed by atoms with van der Waals surface area (Å²) in [5.74, 6) is 0.756. The van der Waals surface area contributed by atoms with E-state index in [1.54, 1.807) is 18.3 Å². The zero-order valence-corrected chi connectivity index (χ0v) is 10.1. The quantitative estimate of drug-likeness (QED) is 0.754. The largest absolute Gasteiger partial charge is 0.342 e. The van der Waals surface area contributed by atoms with Crippen LogP contribution in [-0.4, -0.2) is 20.1 Å². The van der Waals surface area contributed by atoms with Crippen LogP contribution in [0.5, 0.6) is 0 Å². The van der Waals surface area contributed by atoms with Gasteiger partial charge in [-0.1, -0.05) is 5.16 Å². The average molecular weight is 251 g/mol. The van der Waals surface area contributed by atoms with E-state index in [0.29, 0.717) is 28.8 Å². The molecule has 6 heteroatoms. The number of nitrogens with one attached hydrogen (secondary N) is 1. The van der Waals surface area contributed by atoms with Crippen molar-refractivity contribution < 1.29 is 4.52 Å². The molecule has 0 atom stereocenters. The molecule has 3 heterocycles. The number of nitriles is 1. The summed E-state index contributed by atoms with van der Waals surface area (Å²) >= 11 is 0. The first-order chi connectivity index (χ1) is 9.26. The summed E-state index contributed by atoms with van der Waals surface area (Å²) in [7, 11) is 0. The maximum absolute atomic E-state index is 8.75. The number of rotatable bonds is 2. The zero-order valence-electron chi connectivity index (χ0n) is 10.1. The van der Waals surface area contributed by atoms with Crippen LogP contribution < -0.4 is 0 Å². The second-order valence-electron chi connectivity index (χ2n) is 4.04. The molecular formula is C13H9N5O. The summed E-state index contributed by atoms with van der Waals surface area (Å²) < 4.78 is 5.16. The third-order valence-electron chi connectivity index (χ3n) is 2.61. The molecule has 19 heavy (non-hydrogen) atoms. The van der Waals surface area contributed by atoms with Crippen molar-refractivity contribution >= 4 is 0 Å². The molecule has 3 aromatic heterocycles. The van der Waals surface area contributed by atoms with Crippen molar-refractivity contribution in [3.63, 3.8) is 0 Å². The molecule has 0 amide bonds. The van der Waals surface area contributed by atoms with E-state index < -0.39 is 0 Å². The van der Waals surface area contributed by atoms with Crippen molar-refractivity contribution in [2.24, 2.45) is 0 Å². The molecule has 0 radical (unpaired) electrons. The lowest BCUT2D eigenvalue weighted by atomic mass is 10.2. The Balaban J connectivity index is 1.97. The highest BCUT2D eigenvalue weighted by atomic mass is 16.5. The van der Waals surface area contributed by atoms with Crippen molar-refractivity contribution in [1.29, 1.82) is 5.26 Å². The molecule has 0 aliphatic rings. The summed E-state index contributed by atoms with van der Waals surface area (Å²) in [4.78, 5) is 11.3. The van der Waals surface area contributed by atoms with Crippen LogP contribution in [0, 0.1) is 18.3 Å². The van der Waals surface area contributed by atoms with E-state index in [0.717, 1.165) is 5.56 Å². The zero-order chi connectivity index (χ0) is 13.2. The minimum absolute atomic E-state index is 0.333. The number of aryl methyl sites for hydroxylation is 1. The van der Waals surface area contributed by atoms with Crippen LogP contribution in [0.3, 0.4) is 0 Å². The number of nitrogens with zero attached hydrogens (tertiary/aromatic N) is 4. The van der Waals surface area contributed by atoms with Crippen LogP contribution in [0.4, 0.5) is 0 Å². The van der Waals surface area contributed by atoms with Gasteiger partial charge < -0.3 is 9.51 Å². The predicted octanol–water partition coefficient (Wildman–Crippen LogP) is 2.31. The number of aromatic nitrogens is 4. The highest BCUT2D eigenvalue weighted by Gasteiger charge is 2.13. The van der Waals surface area contributed by atoms with Crippen LogP contribution >= 0.6 is 0 Å². The van der Waals surface area contributed by atoms with Gasteiger partial charge in [-0.3, -0.25) is 4.98 Å². The van der Waals surface area contributed by atoms with Gasteiger partial charge in [0, 0.05) is 6.20 Å². The molecule has 0 spiro atoms. The smallest absolute Gasteiger partial charge is 0.274 e. The van der Waals surface area contributed by atoms with Gasteiger partial charge in [-0.15, -0.1) is 0 Å². The van der Waals surface area contributed by atoms with E-state index >= 15 is 0 Å².